The molecule has 1 aromatic carbocycles. The van der Waals surface area contributed by atoms with Crippen molar-refractivity contribution in [1.29, 1.82) is 0 Å². The van der Waals surface area contributed by atoms with Crippen LogP contribution >= 0.6 is 0 Å². The summed E-state index contributed by atoms with van der Waals surface area (Å²) >= 11 is 0. The predicted octanol–water partition coefficient (Wildman–Crippen LogP) is 1.92. The van der Waals surface area contributed by atoms with Gasteiger partial charge in [-0.3, -0.25) is 10.1 Å². The first-order valence-electron chi connectivity index (χ1n) is 9.36. The number of anilines is 2. The summed E-state index contributed by atoms with van der Waals surface area (Å²) in [4.78, 5) is 31.9. The summed E-state index contributed by atoms with van der Waals surface area (Å²) < 4.78 is 0. The number of aromatic nitrogens is 4. The number of nitrogens with one attached hydrogen (secondary N) is 2. The first kappa shape index (κ1) is 17.4. The number of hydrogen-bond acceptors (Lipinski definition) is 8. The van der Waals surface area contributed by atoms with Gasteiger partial charge in [-0.2, -0.15) is 4.98 Å². The number of H-pyrrole nitrogens is 1. The van der Waals surface area contributed by atoms with Gasteiger partial charge < -0.3 is 20.1 Å². The SMILES string of the molecule is CN(C)c1ccc(-c2nc(N3CC4=CNCC4C3)nc3[nH]cnc23)cc1[N+](=O)[O-]. The van der Waals surface area contributed by atoms with Crippen molar-refractivity contribution in [2.75, 3.05) is 43.5 Å². The number of nitro benzene ring substituents is 1. The van der Waals surface area contributed by atoms with E-state index in [1.807, 2.05) is 6.07 Å². The lowest BCUT2D eigenvalue weighted by atomic mass is 10.1. The Labute approximate surface area is 166 Å². The van der Waals surface area contributed by atoms with Gasteiger partial charge >= 0.3 is 0 Å². The Bertz CT molecular complexity index is 1150. The largest absolute Gasteiger partial charge is 0.390 e. The Morgan fingerprint density at radius 2 is 2.17 bits per heavy atom. The lowest BCUT2D eigenvalue weighted by Gasteiger charge is -2.18. The Morgan fingerprint density at radius 3 is 2.93 bits per heavy atom. The van der Waals surface area contributed by atoms with Gasteiger partial charge in [0.05, 0.1) is 11.3 Å². The van der Waals surface area contributed by atoms with Crippen molar-refractivity contribution in [2.24, 2.45) is 5.92 Å². The molecule has 2 aliphatic rings. The zero-order chi connectivity index (χ0) is 20.1. The second-order valence-corrected chi connectivity index (χ2v) is 7.53. The fourth-order valence-corrected chi connectivity index (χ4v) is 4.00. The minimum Gasteiger partial charge on any atom is -0.390 e. The summed E-state index contributed by atoms with van der Waals surface area (Å²) in [6, 6.07) is 5.14. The molecule has 29 heavy (non-hydrogen) atoms. The van der Waals surface area contributed by atoms with Gasteiger partial charge in [0.15, 0.2) is 5.65 Å². The first-order chi connectivity index (χ1) is 14.0. The molecule has 3 aromatic rings. The normalized spacial score (nSPS) is 17.9. The van der Waals surface area contributed by atoms with E-state index in [1.165, 1.54) is 5.57 Å². The number of hydrogen-bond donors (Lipinski definition) is 2. The van der Waals surface area contributed by atoms with Crippen molar-refractivity contribution < 1.29 is 4.92 Å². The number of nitrogens with zero attached hydrogens (tertiary/aromatic N) is 6. The van der Waals surface area contributed by atoms with Crippen LogP contribution in [0, 0.1) is 16.0 Å². The molecule has 0 spiro atoms. The monoisotopic (exact) mass is 392 g/mol. The Balaban J connectivity index is 1.62. The molecule has 2 N–H and O–H groups in total. The third-order valence-corrected chi connectivity index (χ3v) is 5.47. The van der Waals surface area contributed by atoms with Crippen LogP contribution in [0.5, 0.6) is 0 Å². The number of imidazole rings is 1. The molecule has 0 bridgehead atoms. The van der Waals surface area contributed by atoms with Crippen molar-refractivity contribution in [2.45, 2.75) is 0 Å². The van der Waals surface area contributed by atoms with Crippen molar-refractivity contribution in [1.82, 2.24) is 25.3 Å². The topological polar surface area (TPSA) is 116 Å². The number of fused-ring (bicyclic) bond motifs is 2. The Kier molecular flexibility index (Phi) is 3.86. The number of aromatic amines is 1. The zero-order valence-corrected chi connectivity index (χ0v) is 16.1. The standard InChI is InChI=1S/C19H20N8O2/c1-25(2)14-4-3-11(5-15(14)27(28)29)16-17-18(22-10-21-17)24-19(23-16)26-8-12-6-20-7-13(12)9-26/h3-6,10,13,20H,7-9H2,1-2H3,(H,21,22,23,24). The molecule has 0 aliphatic carbocycles. The van der Waals surface area contributed by atoms with Crippen LogP contribution in [0.3, 0.4) is 0 Å². The van der Waals surface area contributed by atoms with Crippen LogP contribution in [-0.2, 0) is 0 Å². The second-order valence-electron chi connectivity index (χ2n) is 7.53. The fourth-order valence-electron chi connectivity index (χ4n) is 4.00. The predicted molar refractivity (Wildman–Crippen MR) is 110 cm³/mol. The molecule has 1 atom stereocenters. The van der Waals surface area contributed by atoms with E-state index in [4.69, 9.17) is 4.98 Å². The molecular weight excluding hydrogens is 372 g/mol. The van der Waals surface area contributed by atoms with Crippen LogP contribution in [0.4, 0.5) is 17.3 Å². The zero-order valence-electron chi connectivity index (χ0n) is 16.1. The molecule has 0 amide bonds. The average Bonchev–Trinajstić information content (AvgIpc) is 3.42. The van der Waals surface area contributed by atoms with Gasteiger partial charge in [-0.1, -0.05) is 6.07 Å². The van der Waals surface area contributed by atoms with E-state index in [0.717, 1.165) is 19.6 Å². The third kappa shape index (κ3) is 2.84. The second kappa shape index (κ2) is 6.43. The number of benzene rings is 1. The Morgan fingerprint density at radius 1 is 1.31 bits per heavy atom. The molecule has 2 aliphatic heterocycles. The van der Waals surface area contributed by atoms with Gasteiger partial charge in [-0.25, -0.2) is 9.97 Å². The van der Waals surface area contributed by atoms with Crippen molar-refractivity contribution in [3.8, 4) is 11.3 Å². The molecule has 2 aromatic heterocycles. The number of nitro groups is 1. The maximum Gasteiger partial charge on any atom is 0.293 e. The highest BCUT2D eigenvalue weighted by Gasteiger charge is 2.32. The molecule has 0 saturated carbocycles. The van der Waals surface area contributed by atoms with E-state index in [9.17, 15) is 10.1 Å². The van der Waals surface area contributed by atoms with E-state index in [2.05, 4.69) is 31.4 Å². The minimum absolute atomic E-state index is 0.0308. The van der Waals surface area contributed by atoms with Gasteiger partial charge in [0.1, 0.15) is 16.9 Å². The minimum atomic E-state index is -0.371. The van der Waals surface area contributed by atoms with E-state index in [1.54, 1.807) is 37.5 Å². The summed E-state index contributed by atoms with van der Waals surface area (Å²) in [6.45, 7) is 2.55. The van der Waals surface area contributed by atoms with E-state index in [-0.39, 0.29) is 10.6 Å². The van der Waals surface area contributed by atoms with Crippen LogP contribution in [0.2, 0.25) is 0 Å². The van der Waals surface area contributed by atoms with E-state index in [0.29, 0.717) is 40.0 Å². The van der Waals surface area contributed by atoms with E-state index >= 15 is 0 Å². The lowest BCUT2D eigenvalue weighted by molar-refractivity contribution is -0.384. The maximum atomic E-state index is 11.6. The smallest absolute Gasteiger partial charge is 0.293 e. The summed E-state index contributed by atoms with van der Waals surface area (Å²) in [5, 5.41) is 14.9. The molecule has 10 nitrogen and oxygen atoms in total. The van der Waals surface area contributed by atoms with Crippen LogP contribution < -0.4 is 15.1 Å². The summed E-state index contributed by atoms with van der Waals surface area (Å²) in [6.07, 6.45) is 3.64. The summed E-state index contributed by atoms with van der Waals surface area (Å²) in [7, 11) is 3.56. The first-order valence-corrected chi connectivity index (χ1v) is 9.36. The van der Waals surface area contributed by atoms with Gasteiger partial charge in [-0.05, 0) is 17.8 Å². The molecule has 1 unspecified atom stereocenters. The van der Waals surface area contributed by atoms with Crippen LogP contribution in [0.25, 0.3) is 22.4 Å². The van der Waals surface area contributed by atoms with Crippen LogP contribution in [0.1, 0.15) is 0 Å². The molecule has 148 valence electrons. The molecular formula is C19H20N8O2. The highest BCUT2D eigenvalue weighted by molar-refractivity contribution is 5.89. The van der Waals surface area contributed by atoms with Gasteiger partial charge in [-0.15, -0.1) is 0 Å². The summed E-state index contributed by atoms with van der Waals surface area (Å²) in [5.41, 5.74) is 4.37. The molecule has 0 radical (unpaired) electrons. The van der Waals surface area contributed by atoms with Crippen LogP contribution in [0.15, 0.2) is 36.3 Å². The number of rotatable bonds is 4. The molecule has 10 heteroatoms. The highest BCUT2D eigenvalue weighted by atomic mass is 16.6. The fraction of sp³-hybridized carbons (Fsp3) is 0.316. The van der Waals surface area contributed by atoms with E-state index < -0.39 is 0 Å². The quantitative estimate of drug-likeness (QED) is 0.511. The van der Waals surface area contributed by atoms with Crippen molar-refractivity contribution >= 4 is 28.5 Å². The molecule has 1 fully saturated rings. The highest BCUT2D eigenvalue weighted by Crippen LogP contribution is 2.35. The molecule has 1 saturated heterocycles. The average molecular weight is 392 g/mol. The van der Waals surface area contributed by atoms with Gasteiger partial charge in [0, 0.05) is 51.3 Å². The maximum absolute atomic E-state index is 11.6. The van der Waals surface area contributed by atoms with Gasteiger partial charge in [0.2, 0.25) is 5.95 Å². The van der Waals surface area contributed by atoms with Crippen molar-refractivity contribution in [3.63, 3.8) is 0 Å². The Hall–Kier alpha value is -3.69. The lowest BCUT2D eigenvalue weighted by Crippen LogP contribution is -2.25. The van der Waals surface area contributed by atoms with Crippen molar-refractivity contribution in [3.05, 3.63) is 46.4 Å². The van der Waals surface area contributed by atoms with Gasteiger partial charge in [0.25, 0.3) is 5.69 Å². The third-order valence-electron chi connectivity index (χ3n) is 5.47. The molecule has 5 rings (SSSR count). The molecule has 4 heterocycles. The van der Waals surface area contributed by atoms with Crippen LogP contribution in [-0.4, -0.2) is 58.6 Å². The summed E-state index contributed by atoms with van der Waals surface area (Å²) in [5.74, 6) is 1.08.